The molecule has 0 bridgehead atoms. The first-order chi connectivity index (χ1) is 10.3. The third-order valence-corrected chi connectivity index (χ3v) is 4.79. The minimum Gasteiger partial charge on any atom is -0.497 e. The van der Waals surface area contributed by atoms with E-state index in [1.807, 2.05) is 12.3 Å². The van der Waals surface area contributed by atoms with Crippen LogP contribution in [-0.4, -0.2) is 17.1 Å². The highest BCUT2D eigenvalue weighted by Crippen LogP contribution is 2.34. The van der Waals surface area contributed by atoms with E-state index in [0.29, 0.717) is 0 Å². The predicted octanol–water partition coefficient (Wildman–Crippen LogP) is 5.03. The summed E-state index contributed by atoms with van der Waals surface area (Å²) < 4.78 is 5.33. The van der Waals surface area contributed by atoms with Gasteiger partial charge in [0.25, 0.3) is 0 Å². The Bertz CT molecular complexity index is 729. The van der Waals surface area contributed by atoms with Crippen molar-refractivity contribution in [3.63, 3.8) is 0 Å². The molecule has 0 amide bonds. The van der Waals surface area contributed by atoms with Crippen LogP contribution < -0.4 is 4.74 Å². The van der Waals surface area contributed by atoms with Gasteiger partial charge in [-0.2, -0.15) is 0 Å². The van der Waals surface area contributed by atoms with Crippen molar-refractivity contribution in [1.29, 1.82) is 0 Å². The number of unbranched alkanes of at least 4 members (excludes halogenated alkanes) is 2. The van der Waals surface area contributed by atoms with Crippen molar-refractivity contribution in [3.05, 3.63) is 35.6 Å². The highest BCUT2D eigenvalue weighted by atomic mass is 32.1. The summed E-state index contributed by atoms with van der Waals surface area (Å²) in [5, 5.41) is 2.42. The number of nitrogens with one attached hydrogen (secondary N) is 1. The SMILES string of the molecule is CCCCCc1ncc(-c2c[nH]c3ccc(OC)cc23)s1. The Balaban J connectivity index is 1.89. The zero-order valence-corrected chi connectivity index (χ0v) is 13.3. The highest BCUT2D eigenvalue weighted by Gasteiger charge is 2.10. The molecule has 3 nitrogen and oxygen atoms in total. The molecular weight excluding hydrogens is 280 g/mol. The Morgan fingerprint density at radius 2 is 2.19 bits per heavy atom. The van der Waals surface area contributed by atoms with E-state index in [1.54, 1.807) is 18.4 Å². The molecule has 110 valence electrons. The van der Waals surface area contributed by atoms with Crippen LogP contribution in [0.1, 0.15) is 31.2 Å². The molecule has 3 aromatic rings. The molecule has 4 heteroatoms. The summed E-state index contributed by atoms with van der Waals surface area (Å²) in [6, 6.07) is 6.12. The summed E-state index contributed by atoms with van der Waals surface area (Å²) in [4.78, 5) is 9.11. The molecule has 0 atom stereocenters. The Morgan fingerprint density at radius 1 is 1.29 bits per heavy atom. The maximum absolute atomic E-state index is 5.33. The molecule has 0 radical (unpaired) electrons. The molecule has 0 aliphatic rings. The minimum absolute atomic E-state index is 0.885. The van der Waals surface area contributed by atoms with Crippen LogP contribution in [0.25, 0.3) is 21.3 Å². The Kier molecular flexibility index (Phi) is 4.25. The number of aromatic nitrogens is 2. The van der Waals surface area contributed by atoms with Gasteiger partial charge in [-0.15, -0.1) is 11.3 Å². The summed E-state index contributed by atoms with van der Waals surface area (Å²) in [5.41, 5.74) is 2.34. The van der Waals surface area contributed by atoms with E-state index in [2.05, 4.69) is 35.2 Å². The van der Waals surface area contributed by atoms with Gasteiger partial charge < -0.3 is 9.72 Å². The van der Waals surface area contributed by atoms with Crippen LogP contribution in [0.2, 0.25) is 0 Å². The number of aromatic amines is 1. The number of H-pyrrole nitrogens is 1. The van der Waals surface area contributed by atoms with Crippen LogP contribution in [-0.2, 0) is 6.42 Å². The minimum atomic E-state index is 0.885. The van der Waals surface area contributed by atoms with Crippen LogP contribution in [0.4, 0.5) is 0 Å². The molecule has 2 heterocycles. The van der Waals surface area contributed by atoms with E-state index in [-0.39, 0.29) is 0 Å². The van der Waals surface area contributed by atoms with E-state index < -0.39 is 0 Å². The summed E-state index contributed by atoms with van der Waals surface area (Å²) >= 11 is 1.80. The average molecular weight is 300 g/mol. The van der Waals surface area contributed by atoms with E-state index in [0.717, 1.165) is 17.7 Å². The van der Waals surface area contributed by atoms with Crippen molar-refractivity contribution in [2.75, 3.05) is 7.11 Å². The quantitative estimate of drug-likeness (QED) is 0.648. The summed E-state index contributed by atoms with van der Waals surface area (Å²) in [6.45, 7) is 2.23. The number of benzene rings is 1. The standard InChI is InChI=1S/C17H20N2OS/c1-3-4-5-6-17-19-11-16(21-17)14-10-18-15-8-7-12(20-2)9-13(14)15/h7-11,18H,3-6H2,1-2H3. The highest BCUT2D eigenvalue weighted by molar-refractivity contribution is 7.15. The lowest BCUT2D eigenvalue weighted by Gasteiger charge is -2.00. The van der Waals surface area contributed by atoms with Gasteiger partial charge in [-0.25, -0.2) is 4.98 Å². The number of nitrogens with zero attached hydrogens (tertiary/aromatic N) is 1. The van der Waals surface area contributed by atoms with Gasteiger partial charge >= 0.3 is 0 Å². The van der Waals surface area contributed by atoms with E-state index >= 15 is 0 Å². The molecule has 0 spiro atoms. The smallest absolute Gasteiger partial charge is 0.119 e. The second kappa shape index (κ2) is 6.31. The zero-order chi connectivity index (χ0) is 14.7. The number of ether oxygens (including phenoxy) is 1. The summed E-state index contributed by atoms with van der Waals surface area (Å²) in [7, 11) is 1.70. The monoisotopic (exact) mass is 300 g/mol. The molecule has 0 aliphatic carbocycles. The molecule has 0 unspecified atom stereocenters. The second-order valence-corrected chi connectivity index (χ2v) is 6.30. The lowest BCUT2D eigenvalue weighted by atomic mass is 10.1. The first kappa shape index (κ1) is 14.1. The van der Waals surface area contributed by atoms with E-state index in [1.165, 1.54) is 40.1 Å². The van der Waals surface area contributed by atoms with Crippen LogP contribution in [0.3, 0.4) is 0 Å². The molecule has 0 saturated heterocycles. The maximum atomic E-state index is 5.33. The Morgan fingerprint density at radius 3 is 3.00 bits per heavy atom. The average Bonchev–Trinajstić information content (AvgIpc) is 3.13. The first-order valence-corrected chi connectivity index (χ1v) is 8.23. The fourth-order valence-electron chi connectivity index (χ4n) is 2.51. The van der Waals surface area contributed by atoms with Crippen LogP contribution in [0, 0.1) is 0 Å². The number of methoxy groups -OCH3 is 1. The normalized spacial score (nSPS) is 11.1. The Labute approximate surface area is 129 Å². The van der Waals surface area contributed by atoms with Gasteiger partial charge in [0.2, 0.25) is 0 Å². The van der Waals surface area contributed by atoms with Crippen molar-refractivity contribution in [3.8, 4) is 16.2 Å². The van der Waals surface area contributed by atoms with Crippen LogP contribution in [0.5, 0.6) is 5.75 Å². The summed E-state index contributed by atoms with van der Waals surface area (Å²) in [6.07, 6.45) is 8.90. The largest absolute Gasteiger partial charge is 0.497 e. The van der Waals surface area contributed by atoms with Gasteiger partial charge in [0, 0.05) is 28.9 Å². The predicted molar refractivity (Wildman–Crippen MR) is 89.2 cm³/mol. The van der Waals surface area contributed by atoms with Gasteiger partial charge in [0.1, 0.15) is 5.75 Å². The molecule has 21 heavy (non-hydrogen) atoms. The lowest BCUT2D eigenvalue weighted by molar-refractivity contribution is 0.415. The van der Waals surface area contributed by atoms with Crippen LogP contribution >= 0.6 is 11.3 Å². The molecule has 2 aromatic heterocycles. The number of fused-ring (bicyclic) bond motifs is 1. The lowest BCUT2D eigenvalue weighted by Crippen LogP contribution is -1.82. The molecule has 3 rings (SSSR count). The van der Waals surface area contributed by atoms with Gasteiger partial charge in [-0.3, -0.25) is 0 Å². The molecule has 0 fully saturated rings. The second-order valence-electron chi connectivity index (χ2n) is 5.19. The fraction of sp³-hybridized carbons (Fsp3) is 0.353. The zero-order valence-electron chi connectivity index (χ0n) is 12.5. The van der Waals surface area contributed by atoms with Gasteiger partial charge in [-0.05, 0) is 31.0 Å². The third kappa shape index (κ3) is 2.95. The maximum Gasteiger partial charge on any atom is 0.119 e. The Hall–Kier alpha value is -1.81. The number of aryl methyl sites for hydroxylation is 1. The number of hydrogen-bond acceptors (Lipinski definition) is 3. The van der Waals surface area contributed by atoms with Gasteiger partial charge in [0.15, 0.2) is 0 Å². The van der Waals surface area contributed by atoms with Crippen molar-refractivity contribution in [2.24, 2.45) is 0 Å². The fourth-order valence-corrected chi connectivity index (χ4v) is 3.50. The van der Waals surface area contributed by atoms with Crippen LogP contribution in [0.15, 0.2) is 30.6 Å². The number of hydrogen-bond donors (Lipinski definition) is 1. The third-order valence-electron chi connectivity index (χ3n) is 3.70. The summed E-state index contributed by atoms with van der Waals surface area (Å²) in [5.74, 6) is 0.885. The molecule has 1 aromatic carbocycles. The first-order valence-electron chi connectivity index (χ1n) is 7.42. The molecule has 1 N–H and O–H groups in total. The van der Waals surface area contributed by atoms with Crippen molar-refractivity contribution in [2.45, 2.75) is 32.6 Å². The van der Waals surface area contributed by atoms with Crippen molar-refractivity contribution >= 4 is 22.2 Å². The number of thiazole rings is 1. The van der Waals surface area contributed by atoms with Crippen molar-refractivity contribution in [1.82, 2.24) is 9.97 Å². The van der Waals surface area contributed by atoms with Gasteiger partial charge in [-0.1, -0.05) is 19.8 Å². The van der Waals surface area contributed by atoms with Crippen molar-refractivity contribution < 1.29 is 4.74 Å². The molecular formula is C17H20N2OS. The molecule has 0 saturated carbocycles. The van der Waals surface area contributed by atoms with Gasteiger partial charge in [0.05, 0.1) is 17.0 Å². The van der Waals surface area contributed by atoms with E-state index in [4.69, 9.17) is 4.74 Å². The number of rotatable bonds is 6. The van der Waals surface area contributed by atoms with E-state index in [9.17, 15) is 0 Å². The topological polar surface area (TPSA) is 37.9 Å². The molecule has 0 aliphatic heterocycles.